The van der Waals surface area contributed by atoms with Gasteiger partial charge in [-0.25, -0.2) is 0 Å². The standard InChI is InChI=1S/C28H36ClNO4S/c1-30(18-23(19-31)21-6-4-3-5-7-21)27(32)24(22-8-9-26(35-2)25(29)17-22)16-20-10-12-28(13-11-20)33-14-15-34-28/h3-9,17,20,23-24,31H,10-16,18-19H2,1-2H3/t23-,24-/m1/s1. The van der Waals surface area contributed by atoms with E-state index in [-0.39, 0.29) is 24.3 Å². The van der Waals surface area contributed by atoms with Crippen LogP contribution in [0, 0.1) is 5.92 Å². The van der Waals surface area contributed by atoms with E-state index in [1.165, 1.54) is 0 Å². The molecule has 2 fully saturated rings. The Labute approximate surface area is 218 Å². The topological polar surface area (TPSA) is 59.0 Å². The van der Waals surface area contributed by atoms with Gasteiger partial charge in [-0.3, -0.25) is 4.79 Å². The highest BCUT2D eigenvalue weighted by molar-refractivity contribution is 7.98. The highest BCUT2D eigenvalue weighted by Gasteiger charge is 2.41. The number of carbonyl (C=O) groups excluding carboxylic acids is 1. The van der Waals surface area contributed by atoms with Crippen LogP contribution in [0.5, 0.6) is 0 Å². The van der Waals surface area contributed by atoms with Crippen molar-refractivity contribution in [3.63, 3.8) is 0 Å². The third kappa shape index (κ3) is 6.41. The summed E-state index contributed by atoms with van der Waals surface area (Å²) in [5.74, 6) is -0.328. The second-order valence-corrected chi connectivity index (χ2v) is 11.0. The van der Waals surface area contributed by atoms with Crippen molar-refractivity contribution in [2.45, 2.75) is 54.6 Å². The van der Waals surface area contributed by atoms with Gasteiger partial charge in [0.25, 0.3) is 0 Å². The quantitative estimate of drug-likeness (QED) is 0.432. The summed E-state index contributed by atoms with van der Waals surface area (Å²) in [6.07, 6.45) is 6.48. The molecule has 4 rings (SSSR count). The summed E-state index contributed by atoms with van der Waals surface area (Å²) in [4.78, 5) is 16.7. The van der Waals surface area contributed by atoms with E-state index in [2.05, 4.69) is 0 Å². The van der Waals surface area contributed by atoms with Gasteiger partial charge >= 0.3 is 0 Å². The number of amides is 1. The summed E-state index contributed by atoms with van der Waals surface area (Å²) in [5.41, 5.74) is 1.99. The van der Waals surface area contributed by atoms with E-state index in [0.717, 1.165) is 48.1 Å². The molecular formula is C28H36ClNO4S. The Kier molecular flexibility index (Phi) is 9.17. The molecule has 0 aromatic heterocycles. The first kappa shape index (κ1) is 26.5. The first-order valence-electron chi connectivity index (χ1n) is 12.5. The van der Waals surface area contributed by atoms with Crippen molar-refractivity contribution in [3.05, 3.63) is 64.7 Å². The van der Waals surface area contributed by atoms with Crippen molar-refractivity contribution in [2.75, 3.05) is 39.7 Å². The smallest absolute Gasteiger partial charge is 0.229 e. The van der Waals surface area contributed by atoms with Crippen LogP contribution in [-0.2, 0) is 14.3 Å². The number of hydrogen-bond donors (Lipinski definition) is 1. The summed E-state index contributed by atoms with van der Waals surface area (Å²) in [6, 6.07) is 15.9. The Bertz CT molecular complexity index is 972. The van der Waals surface area contributed by atoms with Gasteiger partial charge in [0.15, 0.2) is 5.79 Å². The van der Waals surface area contributed by atoms with E-state index in [1.807, 2.05) is 61.8 Å². The third-order valence-corrected chi connectivity index (χ3v) is 8.71. The van der Waals surface area contributed by atoms with Crippen molar-refractivity contribution < 1.29 is 19.4 Å². The van der Waals surface area contributed by atoms with Crippen LogP contribution in [0.4, 0.5) is 0 Å². The van der Waals surface area contributed by atoms with Gasteiger partial charge in [-0.15, -0.1) is 11.8 Å². The summed E-state index contributed by atoms with van der Waals surface area (Å²) in [5, 5.41) is 10.7. The molecule has 2 aromatic rings. The van der Waals surface area contributed by atoms with Crippen molar-refractivity contribution in [1.82, 2.24) is 4.90 Å². The number of rotatable bonds is 9. The van der Waals surface area contributed by atoms with Crippen LogP contribution in [-0.4, -0.2) is 61.4 Å². The second-order valence-electron chi connectivity index (χ2n) is 9.74. The molecule has 5 nitrogen and oxygen atoms in total. The normalized spacial score (nSPS) is 19.5. The Hall–Kier alpha value is -1.57. The summed E-state index contributed by atoms with van der Waals surface area (Å²) >= 11 is 8.16. The number of halogens is 1. The molecule has 2 aromatic carbocycles. The summed E-state index contributed by atoms with van der Waals surface area (Å²) in [7, 11) is 1.84. The number of ether oxygens (including phenoxy) is 2. The van der Waals surface area contributed by atoms with Crippen molar-refractivity contribution in [1.29, 1.82) is 0 Å². The summed E-state index contributed by atoms with van der Waals surface area (Å²) < 4.78 is 11.8. The Morgan fingerprint density at radius 2 is 1.83 bits per heavy atom. The highest BCUT2D eigenvalue weighted by Crippen LogP contribution is 2.42. The minimum atomic E-state index is -0.403. The number of likely N-dealkylation sites (N-methyl/N-ethyl adjacent to an activating group) is 1. The number of benzene rings is 2. The second kappa shape index (κ2) is 12.1. The predicted octanol–water partition coefficient (Wildman–Crippen LogP) is 5.70. The molecule has 0 unspecified atom stereocenters. The fraction of sp³-hybridized carbons (Fsp3) is 0.536. The van der Waals surface area contributed by atoms with Gasteiger partial charge in [0.1, 0.15) is 0 Å². The van der Waals surface area contributed by atoms with Gasteiger partial charge in [0.05, 0.1) is 30.8 Å². The number of aliphatic hydroxyl groups excluding tert-OH is 1. The lowest BCUT2D eigenvalue weighted by Crippen LogP contribution is -2.38. The van der Waals surface area contributed by atoms with Crippen molar-refractivity contribution in [3.8, 4) is 0 Å². The molecule has 2 aliphatic rings. The van der Waals surface area contributed by atoms with Crippen LogP contribution in [0.1, 0.15) is 55.1 Å². The zero-order valence-electron chi connectivity index (χ0n) is 20.6. The molecule has 0 bridgehead atoms. The minimum Gasteiger partial charge on any atom is -0.396 e. The fourth-order valence-corrected chi connectivity index (χ4v) is 6.31. The number of aliphatic hydroxyl groups is 1. The van der Waals surface area contributed by atoms with Crippen LogP contribution in [0.25, 0.3) is 0 Å². The predicted molar refractivity (Wildman–Crippen MR) is 141 cm³/mol. The van der Waals surface area contributed by atoms with Crippen molar-refractivity contribution >= 4 is 29.3 Å². The highest BCUT2D eigenvalue weighted by atomic mass is 35.5. The number of thioether (sulfide) groups is 1. The lowest BCUT2D eigenvalue weighted by Gasteiger charge is -2.37. The molecular weight excluding hydrogens is 482 g/mol. The average Bonchev–Trinajstić information content (AvgIpc) is 3.34. The Morgan fingerprint density at radius 1 is 1.14 bits per heavy atom. The molecule has 1 aliphatic carbocycles. The van der Waals surface area contributed by atoms with E-state index >= 15 is 0 Å². The Balaban J connectivity index is 1.51. The van der Waals surface area contributed by atoms with Crippen LogP contribution >= 0.6 is 23.4 Å². The van der Waals surface area contributed by atoms with Gasteiger partial charge in [-0.05, 0) is 54.7 Å². The molecule has 1 amide bonds. The lowest BCUT2D eigenvalue weighted by atomic mass is 9.78. The van der Waals surface area contributed by atoms with E-state index in [0.29, 0.717) is 30.7 Å². The first-order valence-corrected chi connectivity index (χ1v) is 14.1. The van der Waals surface area contributed by atoms with Crippen LogP contribution in [0.15, 0.2) is 53.4 Å². The van der Waals surface area contributed by atoms with Gasteiger partial charge in [0.2, 0.25) is 5.91 Å². The molecule has 1 heterocycles. The van der Waals surface area contributed by atoms with Crippen molar-refractivity contribution in [2.24, 2.45) is 5.92 Å². The van der Waals surface area contributed by atoms with E-state index in [9.17, 15) is 9.90 Å². The molecule has 0 radical (unpaired) electrons. The minimum absolute atomic E-state index is 0.00867. The molecule has 7 heteroatoms. The maximum atomic E-state index is 13.9. The largest absolute Gasteiger partial charge is 0.396 e. The lowest BCUT2D eigenvalue weighted by molar-refractivity contribution is -0.183. The van der Waals surface area contributed by atoms with E-state index in [4.69, 9.17) is 21.1 Å². The monoisotopic (exact) mass is 517 g/mol. The van der Waals surface area contributed by atoms with E-state index < -0.39 is 5.79 Å². The van der Waals surface area contributed by atoms with Gasteiger partial charge in [-0.2, -0.15) is 0 Å². The van der Waals surface area contributed by atoms with Gasteiger partial charge in [0, 0.05) is 37.2 Å². The first-order chi connectivity index (χ1) is 16.9. The third-order valence-electron chi connectivity index (χ3n) is 7.49. The molecule has 1 aliphatic heterocycles. The summed E-state index contributed by atoms with van der Waals surface area (Å²) in [6.45, 7) is 1.79. The molecule has 1 saturated carbocycles. The average molecular weight is 518 g/mol. The molecule has 1 N–H and O–H groups in total. The Morgan fingerprint density at radius 3 is 2.43 bits per heavy atom. The molecule has 1 spiro atoms. The number of hydrogen-bond acceptors (Lipinski definition) is 5. The molecule has 1 saturated heterocycles. The zero-order chi connectivity index (χ0) is 24.8. The van der Waals surface area contributed by atoms with Gasteiger partial charge < -0.3 is 19.5 Å². The van der Waals surface area contributed by atoms with Crippen LogP contribution in [0.3, 0.4) is 0 Å². The SMILES string of the molecule is CSc1ccc([C@@H](CC2CCC3(CC2)OCCO3)C(=O)N(C)C[C@H](CO)c2ccccc2)cc1Cl. The maximum absolute atomic E-state index is 13.9. The maximum Gasteiger partial charge on any atom is 0.229 e. The zero-order valence-corrected chi connectivity index (χ0v) is 22.2. The fourth-order valence-electron chi connectivity index (χ4n) is 5.43. The molecule has 2 atom stereocenters. The van der Waals surface area contributed by atoms with E-state index in [1.54, 1.807) is 16.7 Å². The molecule has 190 valence electrons. The van der Waals surface area contributed by atoms with Gasteiger partial charge in [-0.1, -0.05) is 48.0 Å². The van der Waals surface area contributed by atoms with Crippen LogP contribution in [0.2, 0.25) is 5.02 Å². The number of carbonyl (C=O) groups is 1. The molecule has 35 heavy (non-hydrogen) atoms. The number of nitrogens with zero attached hydrogens (tertiary/aromatic N) is 1. The van der Waals surface area contributed by atoms with Crippen LogP contribution < -0.4 is 0 Å².